The van der Waals surface area contributed by atoms with Crippen LogP contribution < -0.4 is 10.1 Å². The van der Waals surface area contributed by atoms with Gasteiger partial charge in [-0.25, -0.2) is 22.7 Å². The molecule has 0 bridgehead atoms. The first-order chi connectivity index (χ1) is 15.3. The van der Waals surface area contributed by atoms with Crippen LogP contribution in [0.25, 0.3) is 10.2 Å². The van der Waals surface area contributed by atoms with Gasteiger partial charge >= 0.3 is 0 Å². The second-order valence-electron chi connectivity index (χ2n) is 8.96. The molecule has 2 heterocycles. The maximum atomic E-state index is 13.2. The van der Waals surface area contributed by atoms with Crippen molar-refractivity contribution in [1.29, 1.82) is 0 Å². The van der Waals surface area contributed by atoms with Gasteiger partial charge in [0.1, 0.15) is 21.3 Å². The van der Waals surface area contributed by atoms with E-state index in [1.807, 2.05) is 34.6 Å². The third-order valence-corrected chi connectivity index (χ3v) is 8.13. The van der Waals surface area contributed by atoms with Gasteiger partial charge in [-0.1, -0.05) is 20.8 Å². The monoisotopic (exact) mass is 490 g/mol. The van der Waals surface area contributed by atoms with Crippen molar-refractivity contribution in [2.75, 3.05) is 26.0 Å². The third-order valence-electron chi connectivity index (χ3n) is 5.11. The maximum Gasteiger partial charge on any atom is 0.266 e. The molecule has 0 saturated carbocycles. The number of hydrogen-bond acceptors (Lipinski definition) is 7. The van der Waals surface area contributed by atoms with E-state index < -0.39 is 10.0 Å². The second kappa shape index (κ2) is 9.00. The lowest BCUT2D eigenvalue weighted by atomic mass is 9.95. The molecule has 178 valence electrons. The van der Waals surface area contributed by atoms with Crippen LogP contribution >= 0.6 is 11.3 Å². The zero-order valence-electron chi connectivity index (χ0n) is 20.2. The van der Waals surface area contributed by atoms with Gasteiger partial charge < -0.3 is 10.1 Å². The first-order valence-corrected chi connectivity index (χ1v) is 12.8. The lowest BCUT2D eigenvalue weighted by molar-refractivity contribution is 0.103. The Kier molecular flexibility index (Phi) is 6.84. The highest BCUT2D eigenvalue weighted by molar-refractivity contribution is 7.89. The van der Waals surface area contributed by atoms with Gasteiger partial charge in [-0.3, -0.25) is 4.79 Å². The van der Waals surface area contributed by atoms with Gasteiger partial charge in [-0.15, -0.1) is 11.3 Å². The Bertz CT molecular complexity index is 1320. The van der Waals surface area contributed by atoms with Crippen LogP contribution in [-0.4, -0.2) is 49.3 Å². The van der Waals surface area contributed by atoms with E-state index in [0.29, 0.717) is 17.2 Å². The molecule has 1 N–H and O–H groups in total. The number of rotatable bonds is 6. The zero-order valence-corrected chi connectivity index (χ0v) is 21.9. The SMILES string of the molecule is CCOc1ccc(NC(=O)c2sc3nc(C(C)(C)C)nc(C)c3c2C)cc1S(=O)(=O)N(C)C. The number of nitrogens with one attached hydrogen (secondary N) is 1. The van der Waals surface area contributed by atoms with Gasteiger partial charge in [0.15, 0.2) is 0 Å². The van der Waals surface area contributed by atoms with Crippen molar-refractivity contribution >= 4 is 43.2 Å². The van der Waals surface area contributed by atoms with Crippen molar-refractivity contribution in [3.63, 3.8) is 0 Å². The number of sulfonamides is 1. The van der Waals surface area contributed by atoms with Gasteiger partial charge in [0, 0.05) is 30.6 Å². The number of carbonyl (C=O) groups excluding carboxylic acids is 1. The highest BCUT2D eigenvalue weighted by Gasteiger charge is 2.25. The quantitative estimate of drug-likeness (QED) is 0.546. The fraction of sp³-hybridized carbons (Fsp3) is 0.435. The normalized spacial score (nSPS) is 12.4. The Balaban J connectivity index is 2.02. The minimum absolute atomic E-state index is 0.00302. The van der Waals surface area contributed by atoms with E-state index in [0.717, 1.165) is 31.6 Å². The molecule has 2 aromatic heterocycles. The number of aromatic nitrogens is 2. The van der Waals surface area contributed by atoms with Gasteiger partial charge in [0.25, 0.3) is 5.91 Å². The summed E-state index contributed by atoms with van der Waals surface area (Å²) >= 11 is 1.31. The molecule has 0 radical (unpaired) electrons. The molecule has 10 heteroatoms. The Morgan fingerprint density at radius 1 is 1.18 bits per heavy atom. The molecular formula is C23H30N4O4S2. The van der Waals surface area contributed by atoms with E-state index in [9.17, 15) is 13.2 Å². The molecule has 0 unspecified atom stereocenters. The molecule has 8 nitrogen and oxygen atoms in total. The Labute approximate surface area is 199 Å². The summed E-state index contributed by atoms with van der Waals surface area (Å²) in [6, 6.07) is 4.60. The molecule has 1 amide bonds. The number of hydrogen-bond donors (Lipinski definition) is 1. The van der Waals surface area contributed by atoms with Crippen LogP contribution in [-0.2, 0) is 15.4 Å². The molecular weight excluding hydrogens is 460 g/mol. The van der Waals surface area contributed by atoms with E-state index >= 15 is 0 Å². The molecule has 3 rings (SSSR count). The van der Waals surface area contributed by atoms with Gasteiger partial charge in [-0.05, 0) is 44.5 Å². The number of nitrogens with zero attached hydrogens (tertiary/aromatic N) is 3. The minimum atomic E-state index is -3.76. The fourth-order valence-corrected chi connectivity index (χ4v) is 5.52. The van der Waals surface area contributed by atoms with Gasteiger partial charge in [0.2, 0.25) is 10.0 Å². The zero-order chi connectivity index (χ0) is 24.7. The van der Waals surface area contributed by atoms with Gasteiger partial charge in [0.05, 0.1) is 17.2 Å². The van der Waals surface area contributed by atoms with E-state index in [2.05, 4.69) is 10.3 Å². The average molecular weight is 491 g/mol. The van der Waals surface area contributed by atoms with Crippen molar-refractivity contribution in [2.24, 2.45) is 0 Å². The van der Waals surface area contributed by atoms with Crippen LogP contribution in [0.5, 0.6) is 5.75 Å². The number of ether oxygens (including phenoxy) is 1. The molecule has 3 aromatic rings. The van der Waals surface area contributed by atoms with Crippen molar-refractivity contribution in [1.82, 2.24) is 14.3 Å². The van der Waals surface area contributed by atoms with Gasteiger partial charge in [-0.2, -0.15) is 0 Å². The average Bonchev–Trinajstić information content (AvgIpc) is 3.05. The summed E-state index contributed by atoms with van der Waals surface area (Å²) in [5.41, 5.74) is 1.78. The Morgan fingerprint density at radius 3 is 2.42 bits per heavy atom. The molecule has 33 heavy (non-hydrogen) atoms. The second-order valence-corrected chi connectivity index (χ2v) is 12.1. The number of amides is 1. The maximum absolute atomic E-state index is 13.2. The lowest BCUT2D eigenvalue weighted by Crippen LogP contribution is -2.23. The molecule has 0 spiro atoms. The van der Waals surface area contributed by atoms with Crippen LogP contribution in [0.1, 0.15) is 54.4 Å². The third kappa shape index (κ3) is 4.87. The predicted octanol–water partition coefficient (Wildman–Crippen LogP) is 4.51. The van der Waals surface area contributed by atoms with E-state index in [4.69, 9.17) is 9.72 Å². The number of carbonyl (C=O) groups is 1. The standard InChI is InChI=1S/C23H30N4O4S2/c1-9-31-16-11-10-15(12-17(16)33(29,30)27(7)8)25-20(28)19-13(2)18-14(3)24-22(23(4,5)6)26-21(18)32-19/h10-12H,9H2,1-8H3,(H,25,28). The van der Waals surface area contributed by atoms with Crippen LogP contribution in [0.15, 0.2) is 23.1 Å². The Hall–Kier alpha value is -2.56. The van der Waals surface area contributed by atoms with E-state index in [1.54, 1.807) is 19.1 Å². The molecule has 0 fully saturated rings. The van der Waals surface area contributed by atoms with Crippen LogP contribution in [0, 0.1) is 13.8 Å². The number of benzene rings is 1. The molecule has 0 aliphatic rings. The molecule has 0 aliphatic heterocycles. The molecule has 1 aromatic carbocycles. The number of thiophene rings is 1. The minimum Gasteiger partial charge on any atom is -0.492 e. The van der Waals surface area contributed by atoms with Crippen LogP contribution in [0.3, 0.4) is 0 Å². The summed E-state index contributed by atoms with van der Waals surface area (Å²) in [7, 11) is -0.863. The van der Waals surface area contributed by atoms with Crippen molar-refractivity contribution in [3.8, 4) is 5.75 Å². The number of anilines is 1. The summed E-state index contributed by atoms with van der Waals surface area (Å²) < 4.78 is 32.2. The molecule has 0 aliphatic carbocycles. The largest absolute Gasteiger partial charge is 0.492 e. The van der Waals surface area contributed by atoms with Crippen molar-refractivity contribution < 1.29 is 17.9 Å². The summed E-state index contributed by atoms with van der Waals surface area (Å²) in [5, 5.41) is 3.71. The highest BCUT2D eigenvalue weighted by Crippen LogP contribution is 2.34. The highest BCUT2D eigenvalue weighted by atomic mass is 32.2. The van der Waals surface area contributed by atoms with E-state index in [1.165, 1.54) is 31.5 Å². The first kappa shape index (κ1) is 25.1. The molecule has 0 saturated heterocycles. The van der Waals surface area contributed by atoms with Crippen molar-refractivity contribution in [3.05, 3.63) is 40.2 Å². The summed E-state index contributed by atoms with van der Waals surface area (Å²) in [6.07, 6.45) is 0. The smallest absolute Gasteiger partial charge is 0.266 e. The molecule has 0 atom stereocenters. The van der Waals surface area contributed by atoms with Crippen LogP contribution in [0.4, 0.5) is 5.69 Å². The number of fused-ring (bicyclic) bond motifs is 1. The fourth-order valence-electron chi connectivity index (χ4n) is 3.34. The van der Waals surface area contributed by atoms with E-state index in [-0.39, 0.29) is 22.0 Å². The first-order valence-electron chi connectivity index (χ1n) is 10.6. The topological polar surface area (TPSA) is 101 Å². The summed E-state index contributed by atoms with van der Waals surface area (Å²) in [6.45, 7) is 12.0. The number of aryl methyl sites for hydroxylation is 2. The van der Waals surface area contributed by atoms with Crippen molar-refractivity contribution in [2.45, 2.75) is 51.9 Å². The Morgan fingerprint density at radius 2 is 1.85 bits per heavy atom. The lowest BCUT2D eigenvalue weighted by Gasteiger charge is -2.17. The predicted molar refractivity (Wildman–Crippen MR) is 132 cm³/mol. The summed E-state index contributed by atoms with van der Waals surface area (Å²) in [5.74, 6) is 0.637. The van der Waals surface area contributed by atoms with Crippen LogP contribution in [0.2, 0.25) is 0 Å². The summed E-state index contributed by atoms with van der Waals surface area (Å²) in [4.78, 5) is 23.8.